The van der Waals surface area contributed by atoms with Crippen LogP contribution in [0.15, 0.2) is 46.9 Å². The topological polar surface area (TPSA) is 17.8 Å². The van der Waals surface area contributed by atoms with Gasteiger partial charge >= 0.3 is 0 Å². The fraction of sp³-hybridized carbons (Fsp3) is 0.0714. The Morgan fingerprint density at radius 2 is 2.00 bits per heavy atom. The Kier molecular flexibility index (Phi) is 2.48. The van der Waals surface area contributed by atoms with Crippen LogP contribution >= 0.6 is 15.9 Å². The maximum atomic E-state index is 4.27. The average molecular weight is 286 g/mol. The summed E-state index contributed by atoms with van der Waals surface area (Å²) in [5, 5.41) is 0. The molecule has 0 atom stereocenters. The third-order valence-electron chi connectivity index (χ3n) is 2.79. The molecule has 0 fully saturated rings. The first-order valence-corrected chi connectivity index (χ1v) is 6.17. The lowest BCUT2D eigenvalue weighted by molar-refractivity contribution is 1.07. The van der Waals surface area contributed by atoms with Gasteiger partial charge in [-0.2, -0.15) is 0 Å². The molecule has 0 aliphatic carbocycles. The van der Waals surface area contributed by atoms with Crippen LogP contribution < -0.4 is 0 Å². The van der Waals surface area contributed by atoms with Gasteiger partial charge in [0.15, 0.2) is 6.33 Å². The van der Waals surface area contributed by atoms with Crippen LogP contribution in [-0.2, 0) is 0 Å². The van der Waals surface area contributed by atoms with Gasteiger partial charge < -0.3 is 0 Å². The van der Waals surface area contributed by atoms with Crippen molar-refractivity contribution in [1.82, 2.24) is 9.55 Å². The normalized spacial score (nSPS) is 10.9. The highest BCUT2D eigenvalue weighted by Crippen LogP contribution is 2.22. The summed E-state index contributed by atoms with van der Waals surface area (Å²) in [6.45, 7) is 2.08. The molecule has 3 aromatic rings. The third kappa shape index (κ3) is 1.76. The van der Waals surface area contributed by atoms with Crippen LogP contribution in [-0.4, -0.2) is 9.55 Å². The predicted molar refractivity (Wildman–Crippen MR) is 72.3 cm³/mol. The van der Waals surface area contributed by atoms with E-state index in [9.17, 15) is 0 Å². The number of hydrogen-bond donors (Lipinski definition) is 0. The van der Waals surface area contributed by atoms with E-state index in [1.165, 1.54) is 5.56 Å². The Bertz CT molecular complexity index is 686. The number of rotatable bonds is 1. The second-order valence-corrected chi connectivity index (χ2v) is 4.82. The second kappa shape index (κ2) is 4.00. The first kappa shape index (κ1) is 10.5. The minimum absolute atomic E-state index is 0.966. The molecular weight excluding hydrogens is 276 g/mol. The highest BCUT2D eigenvalue weighted by atomic mass is 79.9. The summed E-state index contributed by atoms with van der Waals surface area (Å²) in [4.78, 5) is 4.27. The van der Waals surface area contributed by atoms with Crippen LogP contribution in [0.25, 0.3) is 16.7 Å². The standard InChI is InChI=1S/C14H10BrN2/c1-10-8-11(6-7-12(10)15)17-9-16-13-4-2-3-5-14(13)17/h2-8H,1H3. The lowest BCUT2D eigenvalue weighted by Crippen LogP contribution is -1.93. The van der Waals surface area contributed by atoms with Crippen LogP contribution in [0, 0.1) is 13.3 Å². The highest BCUT2D eigenvalue weighted by Gasteiger charge is 2.05. The monoisotopic (exact) mass is 285 g/mol. The molecule has 3 heteroatoms. The molecule has 2 nitrogen and oxygen atoms in total. The molecule has 83 valence electrons. The fourth-order valence-corrected chi connectivity index (χ4v) is 2.12. The number of aryl methyl sites for hydroxylation is 1. The summed E-state index contributed by atoms with van der Waals surface area (Å²) in [5.41, 5.74) is 4.33. The van der Waals surface area contributed by atoms with E-state index in [2.05, 4.69) is 52.4 Å². The second-order valence-electron chi connectivity index (χ2n) is 3.97. The maximum absolute atomic E-state index is 4.27. The number of fused-ring (bicyclic) bond motifs is 1. The van der Waals surface area contributed by atoms with Gasteiger partial charge in [0.25, 0.3) is 0 Å². The predicted octanol–water partition coefficient (Wildman–Crippen LogP) is 3.90. The number of aromatic nitrogens is 2. The number of halogens is 1. The molecule has 17 heavy (non-hydrogen) atoms. The molecule has 2 aromatic carbocycles. The molecule has 0 N–H and O–H groups in total. The lowest BCUT2D eigenvalue weighted by Gasteiger charge is -2.06. The van der Waals surface area contributed by atoms with Crippen molar-refractivity contribution in [2.45, 2.75) is 6.92 Å². The van der Waals surface area contributed by atoms with E-state index in [0.29, 0.717) is 0 Å². The molecule has 0 unspecified atom stereocenters. The molecular formula is C14H10BrN2. The Hall–Kier alpha value is -1.61. The molecule has 0 spiro atoms. The van der Waals surface area contributed by atoms with Gasteiger partial charge in [0.05, 0.1) is 11.0 Å². The summed E-state index contributed by atoms with van der Waals surface area (Å²) in [6.07, 6.45) is 3.03. The molecule has 0 amide bonds. The zero-order valence-corrected chi connectivity index (χ0v) is 10.9. The van der Waals surface area contributed by atoms with Gasteiger partial charge in [-0.3, -0.25) is 4.57 Å². The van der Waals surface area contributed by atoms with Gasteiger partial charge in [-0.1, -0.05) is 28.1 Å². The Morgan fingerprint density at radius 3 is 2.82 bits per heavy atom. The molecule has 0 aliphatic heterocycles. The Balaban J connectivity index is 2.24. The van der Waals surface area contributed by atoms with Gasteiger partial charge in [-0.15, -0.1) is 0 Å². The molecule has 1 radical (unpaired) electrons. The van der Waals surface area contributed by atoms with Crippen molar-refractivity contribution in [3.8, 4) is 5.69 Å². The van der Waals surface area contributed by atoms with Gasteiger partial charge in [0.1, 0.15) is 0 Å². The van der Waals surface area contributed by atoms with Gasteiger partial charge in [-0.05, 0) is 42.8 Å². The molecule has 0 bridgehead atoms. The number of imidazole rings is 1. The summed E-state index contributed by atoms with van der Waals surface area (Å²) < 4.78 is 3.10. The fourth-order valence-electron chi connectivity index (χ4n) is 1.87. The first-order valence-electron chi connectivity index (χ1n) is 5.37. The van der Waals surface area contributed by atoms with E-state index < -0.39 is 0 Å². The molecule has 0 saturated heterocycles. The number of nitrogens with zero attached hydrogens (tertiary/aromatic N) is 2. The van der Waals surface area contributed by atoms with Crippen LogP contribution in [0.2, 0.25) is 0 Å². The number of hydrogen-bond acceptors (Lipinski definition) is 1. The van der Waals surface area contributed by atoms with E-state index in [1.807, 2.05) is 28.8 Å². The highest BCUT2D eigenvalue weighted by molar-refractivity contribution is 9.10. The first-order chi connectivity index (χ1) is 8.25. The quantitative estimate of drug-likeness (QED) is 0.663. The molecule has 3 rings (SSSR count). The SMILES string of the molecule is Cc1cc(-n2[c]nc3ccccc32)ccc1Br. The Morgan fingerprint density at radius 1 is 1.18 bits per heavy atom. The largest absolute Gasteiger partial charge is 0.290 e. The van der Waals surface area contributed by atoms with Crippen molar-refractivity contribution in [1.29, 1.82) is 0 Å². The summed E-state index contributed by atoms with van der Waals surface area (Å²) in [6, 6.07) is 14.3. The minimum Gasteiger partial charge on any atom is -0.290 e. The van der Waals surface area contributed by atoms with Gasteiger partial charge in [0, 0.05) is 10.2 Å². The number of para-hydroxylation sites is 2. The van der Waals surface area contributed by atoms with Crippen molar-refractivity contribution in [2.75, 3.05) is 0 Å². The maximum Gasteiger partial charge on any atom is 0.182 e. The van der Waals surface area contributed by atoms with E-state index in [1.54, 1.807) is 0 Å². The molecule has 1 aromatic heterocycles. The van der Waals surface area contributed by atoms with Crippen molar-refractivity contribution >= 4 is 27.0 Å². The van der Waals surface area contributed by atoms with E-state index in [-0.39, 0.29) is 0 Å². The van der Waals surface area contributed by atoms with Crippen molar-refractivity contribution in [3.05, 3.63) is 58.8 Å². The zero-order valence-electron chi connectivity index (χ0n) is 9.31. The van der Waals surface area contributed by atoms with E-state index in [4.69, 9.17) is 0 Å². The van der Waals surface area contributed by atoms with Crippen LogP contribution in [0.1, 0.15) is 5.56 Å². The van der Waals surface area contributed by atoms with Crippen molar-refractivity contribution in [3.63, 3.8) is 0 Å². The smallest absolute Gasteiger partial charge is 0.182 e. The minimum atomic E-state index is 0.966. The molecule has 0 saturated carbocycles. The van der Waals surface area contributed by atoms with Gasteiger partial charge in [-0.25, -0.2) is 4.98 Å². The number of benzene rings is 2. The van der Waals surface area contributed by atoms with Crippen molar-refractivity contribution < 1.29 is 0 Å². The van der Waals surface area contributed by atoms with Crippen LogP contribution in [0.4, 0.5) is 0 Å². The van der Waals surface area contributed by atoms with E-state index in [0.717, 1.165) is 21.2 Å². The van der Waals surface area contributed by atoms with Crippen LogP contribution in [0.3, 0.4) is 0 Å². The average Bonchev–Trinajstić information content (AvgIpc) is 2.76. The third-order valence-corrected chi connectivity index (χ3v) is 3.68. The van der Waals surface area contributed by atoms with Crippen LogP contribution in [0.5, 0.6) is 0 Å². The summed E-state index contributed by atoms with van der Waals surface area (Å²) in [7, 11) is 0. The van der Waals surface area contributed by atoms with Crippen molar-refractivity contribution in [2.24, 2.45) is 0 Å². The molecule has 0 aliphatic rings. The van der Waals surface area contributed by atoms with Gasteiger partial charge in [0.2, 0.25) is 0 Å². The van der Waals surface area contributed by atoms with E-state index >= 15 is 0 Å². The Labute approximate surface area is 108 Å². The summed E-state index contributed by atoms with van der Waals surface area (Å²) >= 11 is 3.51. The zero-order chi connectivity index (χ0) is 11.8. The molecule has 1 heterocycles. The lowest BCUT2D eigenvalue weighted by atomic mass is 10.2. The summed E-state index contributed by atoms with van der Waals surface area (Å²) in [5.74, 6) is 0.